The summed E-state index contributed by atoms with van der Waals surface area (Å²) in [5, 5.41) is 0.945. The highest BCUT2D eigenvalue weighted by Crippen LogP contribution is 2.26. The molecule has 2 aliphatic rings. The van der Waals surface area contributed by atoms with Crippen molar-refractivity contribution in [2.75, 3.05) is 26.2 Å². The van der Waals surface area contributed by atoms with Crippen LogP contribution < -0.4 is 0 Å². The molecule has 2 saturated heterocycles. The smallest absolute Gasteiger partial charge is 0.289 e. The Bertz CT molecular complexity index is 825. The number of hydrogen-bond donors (Lipinski definition) is 0. The highest BCUT2D eigenvalue weighted by molar-refractivity contribution is 7.98. The number of nitrogens with zero attached hydrogens (tertiary/aromatic N) is 4. The number of furan rings is 1. The van der Waals surface area contributed by atoms with Gasteiger partial charge in [0.05, 0.1) is 5.75 Å². The zero-order valence-electron chi connectivity index (χ0n) is 18.3. The summed E-state index contributed by atoms with van der Waals surface area (Å²) in [6, 6.07) is 4.47. The molecular formula is C23H34N4O2S. The fourth-order valence-corrected chi connectivity index (χ4v) is 5.44. The molecule has 0 bridgehead atoms. The molecule has 1 atom stereocenters. The van der Waals surface area contributed by atoms with Crippen molar-refractivity contribution in [2.45, 2.75) is 62.4 Å². The van der Waals surface area contributed by atoms with E-state index in [0.717, 1.165) is 48.8 Å². The summed E-state index contributed by atoms with van der Waals surface area (Å²) < 4.78 is 7.83. The molecule has 2 aliphatic heterocycles. The number of hydrogen-bond acceptors (Lipinski definition) is 5. The minimum Gasteiger partial charge on any atom is -0.455 e. The SMILES string of the molecule is CC1CCCCN1CCC1CCN(C(=O)c2ccc(CSc3nccn3C)o2)CC1. The van der Waals surface area contributed by atoms with Crippen LogP contribution in [0, 0.1) is 5.92 Å². The molecule has 4 heterocycles. The van der Waals surface area contributed by atoms with Crippen molar-refractivity contribution >= 4 is 17.7 Å². The highest BCUT2D eigenvalue weighted by atomic mass is 32.2. The van der Waals surface area contributed by atoms with E-state index in [9.17, 15) is 4.79 Å². The molecule has 0 N–H and O–H groups in total. The molecule has 1 unspecified atom stereocenters. The summed E-state index contributed by atoms with van der Waals surface area (Å²) >= 11 is 1.61. The van der Waals surface area contributed by atoms with Crippen LogP contribution in [0.1, 0.15) is 61.8 Å². The Morgan fingerprint density at radius 3 is 2.77 bits per heavy atom. The maximum atomic E-state index is 12.9. The summed E-state index contributed by atoms with van der Waals surface area (Å²) in [6.45, 7) is 6.54. The van der Waals surface area contributed by atoms with E-state index in [0.29, 0.717) is 11.5 Å². The number of imidazole rings is 1. The van der Waals surface area contributed by atoms with Gasteiger partial charge in [-0.05, 0) is 70.2 Å². The first kappa shape index (κ1) is 21.5. The number of thioether (sulfide) groups is 1. The number of rotatable bonds is 7. The molecule has 0 radical (unpaired) electrons. The second kappa shape index (κ2) is 10.1. The van der Waals surface area contributed by atoms with Crippen molar-refractivity contribution < 1.29 is 9.21 Å². The van der Waals surface area contributed by atoms with Gasteiger partial charge in [0, 0.05) is 38.6 Å². The van der Waals surface area contributed by atoms with E-state index in [1.54, 1.807) is 18.0 Å². The zero-order chi connectivity index (χ0) is 20.9. The summed E-state index contributed by atoms with van der Waals surface area (Å²) in [6.07, 6.45) is 11.3. The van der Waals surface area contributed by atoms with Gasteiger partial charge in [0.2, 0.25) is 0 Å². The van der Waals surface area contributed by atoms with Crippen molar-refractivity contribution in [3.63, 3.8) is 0 Å². The first-order valence-electron chi connectivity index (χ1n) is 11.3. The molecule has 7 heteroatoms. The molecule has 4 rings (SSSR count). The lowest BCUT2D eigenvalue weighted by Crippen LogP contribution is -2.41. The Balaban J connectivity index is 1.21. The van der Waals surface area contributed by atoms with Crippen molar-refractivity contribution in [3.8, 4) is 0 Å². The van der Waals surface area contributed by atoms with Crippen molar-refractivity contribution in [3.05, 3.63) is 36.0 Å². The largest absolute Gasteiger partial charge is 0.455 e. The van der Waals surface area contributed by atoms with Gasteiger partial charge in [-0.2, -0.15) is 0 Å². The van der Waals surface area contributed by atoms with Crippen LogP contribution in [0.5, 0.6) is 0 Å². The van der Waals surface area contributed by atoms with E-state index in [-0.39, 0.29) is 5.91 Å². The molecule has 1 amide bonds. The summed E-state index contributed by atoms with van der Waals surface area (Å²) in [5.74, 6) is 2.73. The van der Waals surface area contributed by atoms with E-state index in [2.05, 4.69) is 16.8 Å². The van der Waals surface area contributed by atoms with Gasteiger partial charge in [-0.1, -0.05) is 18.2 Å². The van der Waals surface area contributed by atoms with Crippen LogP contribution in [0.4, 0.5) is 0 Å². The standard InChI is InChI=1S/C23H34N4O2S/c1-18-5-3-4-12-26(18)13-8-19-9-14-27(15-10-19)22(28)21-7-6-20(29-21)17-30-23-24-11-16-25(23)2/h6-7,11,16,18-19H,3-5,8-10,12-15,17H2,1-2H3. The molecule has 30 heavy (non-hydrogen) atoms. The fraction of sp³-hybridized carbons (Fsp3) is 0.652. The number of carbonyl (C=O) groups is 1. The van der Waals surface area contributed by atoms with E-state index >= 15 is 0 Å². The Labute approximate surface area is 184 Å². The number of aryl methyl sites for hydroxylation is 1. The minimum absolute atomic E-state index is 0.0337. The van der Waals surface area contributed by atoms with Crippen LogP contribution in [0.25, 0.3) is 0 Å². The first-order valence-corrected chi connectivity index (χ1v) is 12.3. The molecule has 2 fully saturated rings. The molecular weight excluding hydrogens is 396 g/mol. The van der Waals surface area contributed by atoms with E-state index in [1.165, 1.54) is 38.8 Å². The summed E-state index contributed by atoms with van der Waals surface area (Å²) in [4.78, 5) is 21.8. The third-order valence-corrected chi connectivity index (χ3v) is 7.74. The first-order chi connectivity index (χ1) is 14.6. The van der Waals surface area contributed by atoms with Crippen molar-refractivity contribution in [1.29, 1.82) is 0 Å². The van der Waals surface area contributed by atoms with Crippen LogP contribution in [0.3, 0.4) is 0 Å². The van der Waals surface area contributed by atoms with Gasteiger partial charge in [-0.3, -0.25) is 4.79 Å². The number of amides is 1. The van der Waals surface area contributed by atoms with Gasteiger partial charge >= 0.3 is 0 Å². The van der Waals surface area contributed by atoms with Crippen molar-refractivity contribution in [2.24, 2.45) is 13.0 Å². The lowest BCUT2D eigenvalue weighted by Gasteiger charge is -2.36. The Morgan fingerprint density at radius 1 is 1.20 bits per heavy atom. The number of piperidine rings is 2. The van der Waals surface area contributed by atoms with Gasteiger partial charge in [-0.15, -0.1) is 0 Å². The molecule has 0 aromatic carbocycles. The summed E-state index contributed by atoms with van der Waals surface area (Å²) in [5.41, 5.74) is 0. The molecule has 0 spiro atoms. The Morgan fingerprint density at radius 2 is 2.03 bits per heavy atom. The van der Waals surface area contributed by atoms with Crippen molar-refractivity contribution in [1.82, 2.24) is 19.4 Å². The maximum absolute atomic E-state index is 12.9. The van der Waals surface area contributed by atoms with Gasteiger partial charge in [0.25, 0.3) is 5.91 Å². The lowest BCUT2D eigenvalue weighted by molar-refractivity contribution is 0.0640. The van der Waals surface area contributed by atoms with Crippen LogP contribution in [-0.2, 0) is 12.8 Å². The van der Waals surface area contributed by atoms with E-state index in [4.69, 9.17) is 4.42 Å². The maximum Gasteiger partial charge on any atom is 0.289 e. The van der Waals surface area contributed by atoms with Gasteiger partial charge in [0.15, 0.2) is 10.9 Å². The molecule has 0 saturated carbocycles. The lowest BCUT2D eigenvalue weighted by atomic mass is 9.92. The number of carbonyl (C=O) groups excluding carboxylic acids is 1. The molecule has 2 aromatic rings. The predicted molar refractivity (Wildman–Crippen MR) is 120 cm³/mol. The quantitative estimate of drug-likeness (QED) is 0.609. The van der Waals surface area contributed by atoms with Gasteiger partial charge in [-0.25, -0.2) is 4.98 Å². The average Bonchev–Trinajstić information content (AvgIpc) is 3.40. The normalized spacial score (nSPS) is 21.3. The molecule has 0 aliphatic carbocycles. The fourth-order valence-electron chi connectivity index (χ4n) is 4.62. The van der Waals surface area contributed by atoms with Crippen LogP contribution in [-0.4, -0.2) is 57.5 Å². The second-order valence-electron chi connectivity index (χ2n) is 8.78. The van der Waals surface area contributed by atoms with Gasteiger partial charge < -0.3 is 18.8 Å². The number of aromatic nitrogens is 2. The Hall–Kier alpha value is -1.73. The summed E-state index contributed by atoms with van der Waals surface area (Å²) in [7, 11) is 1.98. The molecule has 6 nitrogen and oxygen atoms in total. The predicted octanol–water partition coefficient (Wildman–Crippen LogP) is 4.42. The average molecular weight is 431 g/mol. The third-order valence-electron chi connectivity index (χ3n) is 6.66. The third kappa shape index (κ3) is 5.30. The van der Waals surface area contributed by atoms with E-state index in [1.807, 2.05) is 34.8 Å². The molecule has 2 aromatic heterocycles. The topological polar surface area (TPSA) is 54.5 Å². The van der Waals surface area contributed by atoms with Crippen LogP contribution >= 0.6 is 11.8 Å². The second-order valence-corrected chi connectivity index (χ2v) is 9.72. The Kier molecular flexibility index (Phi) is 7.20. The zero-order valence-corrected chi connectivity index (χ0v) is 19.1. The highest BCUT2D eigenvalue weighted by Gasteiger charge is 2.26. The van der Waals surface area contributed by atoms with Gasteiger partial charge in [0.1, 0.15) is 5.76 Å². The monoisotopic (exact) mass is 430 g/mol. The van der Waals surface area contributed by atoms with E-state index < -0.39 is 0 Å². The van der Waals surface area contributed by atoms with Crippen LogP contribution in [0.2, 0.25) is 0 Å². The minimum atomic E-state index is 0.0337. The molecule has 164 valence electrons. The van der Waals surface area contributed by atoms with Crippen LogP contribution in [0.15, 0.2) is 34.1 Å². The number of likely N-dealkylation sites (tertiary alicyclic amines) is 2.